The molecule has 1 aliphatic heterocycles. The molecule has 192 valence electrons. The van der Waals surface area contributed by atoms with Gasteiger partial charge in [0.25, 0.3) is 0 Å². The third-order valence-corrected chi connectivity index (χ3v) is 7.94. The van der Waals surface area contributed by atoms with Gasteiger partial charge in [0.05, 0.1) is 24.3 Å². The highest BCUT2D eigenvalue weighted by Crippen LogP contribution is 2.27. The Labute approximate surface area is 222 Å². The second kappa shape index (κ2) is 11.6. The van der Waals surface area contributed by atoms with E-state index in [9.17, 15) is 0 Å². The molecule has 2 fully saturated rings. The van der Waals surface area contributed by atoms with Gasteiger partial charge in [0.1, 0.15) is 4.99 Å². The summed E-state index contributed by atoms with van der Waals surface area (Å²) in [6, 6.07) is 17.7. The molecule has 6 heteroatoms. The number of rotatable bonds is 6. The largest absolute Gasteiger partial charge is 0.382 e. The molecule has 0 atom stereocenters. The molecule has 0 aromatic heterocycles. The van der Waals surface area contributed by atoms with E-state index in [4.69, 9.17) is 22.2 Å². The first-order chi connectivity index (χ1) is 17.2. The third kappa shape index (κ3) is 6.78. The average Bonchev–Trinajstić information content (AvgIpc) is 2.88. The maximum atomic E-state index is 9.12. The zero-order valence-electron chi connectivity index (χ0n) is 22.2. The number of nitrogens with one attached hydrogen (secondary N) is 1. The molecule has 4 rings (SSSR count). The highest BCUT2D eigenvalue weighted by atomic mass is 32.1. The van der Waals surface area contributed by atoms with Gasteiger partial charge in [0, 0.05) is 43.6 Å². The molecule has 0 unspecified atom stereocenters. The Morgan fingerprint density at radius 3 is 2.28 bits per heavy atom. The first kappa shape index (κ1) is 26.4. The van der Waals surface area contributed by atoms with Crippen LogP contribution in [0.2, 0.25) is 0 Å². The molecule has 0 amide bonds. The van der Waals surface area contributed by atoms with Crippen LogP contribution in [0.1, 0.15) is 63.1 Å². The molecule has 1 heterocycles. The third-order valence-electron chi connectivity index (χ3n) is 7.57. The summed E-state index contributed by atoms with van der Waals surface area (Å²) >= 11 is 5.75. The number of thiocarbonyl (C=S) groups is 1. The van der Waals surface area contributed by atoms with Gasteiger partial charge in [-0.3, -0.25) is 0 Å². The van der Waals surface area contributed by atoms with Crippen LogP contribution in [0.4, 0.5) is 11.4 Å². The SMILES string of the molecule is Cc1cc(NC2CCC(OCC(=S)N3CCN(c4ccc(C(C)(C)C)cc4)CC3)CC2)ccc1C#N. The number of ether oxygens (including phenoxy) is 1. The maximum absolute atomic E-state index is 9.12. The number of nitrogens with zero attached hydrogens (tertiary/aromatic N) is 3. The number of hydrogen-bond acceptors (Lipinski definition) is 5. The molecular weight excluding hydrogens is 464 g/mol. The molecular formula is C30H40N4OS. The van der Waals surface area contributed by atoms with Crippen molar-refractivity contribution in [3.63, 3.8) is 0 Å². The normalized spacial score (nSPS) is 20.6. The van der Waals surface area contributed by atoms with E-state index in [1.165, 1.54) is 11.3 Å². The van der Waals surface area contributed by atoms with Crippen LogP contribution in [0, 0.1) is 18.3 Å². The number of nitriles is 1. The lowest BCUT2D eigenvalue weighted by Crippen LogP contribution is -2.49. The lowest BCUT2D eigenvalue weighted by Gasteiger charge is -2.38. The van der Waals surface area contributed by atoms with E-state index in [2.05, 4.69) is 72.3 Å². The predicted molar refractivity (Wildman–Crippen MR) is 153 cm³/mol. The molecule has 5 nitrogen and oxygen atoms in total. The van der Waals surface area contributed by atoms with Crippen LogP contribution in [0.5, 0.6) is 0 Å². The Bertz CT molecular complexity index is 1070. The number of anilines is 2. The van der Waals surface area contributed by atoms with E-state index in [1.807, 2.05) is 19.1 Å². The van der Waals surface area contributed by atoms with Crippen LogP contribution in [0.3, 0.4) is 0 Å². The van der Waals surface area contributed by atoms with Gasteiger partial charge in [-0.15, -0.1) is 0 Å². The fourth-order valence-electron chi connectivity index (χ4n) is 5.16. The van der Waals surface area contributed by atoms with Crippen LogP contribution in [0.15, 0.2) is 42.5 Å². The summed E-state index contributed by atoms with van der Waals surface area (Å²) in [4.78, 5) is 5.71. The van der Waals surface area contributed by atoms with Crippen LogP contribution >= 0.6 is 12.2 Å². The summed E-state index contributed by atoms with van der Waals surface area (Å²) < 4.78 is 6.24. The lowest BCUT2D eigenvalue weighted by atomic mass is 9.87. The fraction of sp³-hybridized carbons (Fsp3) is 0.533. The van der Waals surface area contributed by atoms with Crippen molar-refractivity contribution < 1.29 is 4.74 Å². The molecule has 2 aromatic carbocycles. The first-order valence-electron chi connectivity index (χ1n) is 13.2. The van der Waals surface area contributed by atoms with Gasteiger partial charge in [0.15, 0.2) is 0 Å². The lowest BCUT2D eigenvalue weighted by molar-refractivity contribution is 0.0473. The van der Waals surface area contributed by atoms with Gasteiger partial charge in [-0.2, -0.15) is 5.26 Å². The molecule has 1 saturated carbocycles. The monoisotopic (exact) mass is 504 g/mol. The van der Waals surface area contributed by atoms with E-state index < -0.39 is 0 Å². The van der Waals surface area contributed by atoms with E-state index in [1.54, 1.807) is 0 Å². The minimum atomic E-state index is 0.184. The summed E-state index contributed by atoms with van der Waals surface area (Å²) in [6.07, 6.45) is 4.56. The Kier molecular flexibility index (Phi) is 8.54. The van der Waals surface area contributed by atoms with Crippen LogP contribution < -0.4 is 10.2 Å². The number of hydrogen-bond donors (Lipinski definition) is 1. The van der Waals surface area contributed by atoms with E-state index in [0.717, 1.165) is 73.7 Å². The van der Waals surface area contributed by atoms with Gasteiger partial charge in [-0.1, -0.05) is 45.1 Å². The molecule has 0 radical (unpaired) electrons. The Hall–Kier alpha value is -2.62. The molecule has 1 saturated heterocycles. The smallest absolute Gasteiger partial charge is 0.104 e. The van der Waals surface area contributed by atoms with Crippen molar-refractivity contribution in [2.45, 2.75) is 70.9 Å². The second-order valence-electron chi connectivity index (χ2n) is 11.2. The minimum absolute atomic E-state index is 0.184. The molecule has 2 aliphatic rings. The predicted octanol–water partition coefficient (Wildman–Crippen LogP) is 6.05. The van der Waals surface area contributed by atoms with E-state index >= 15 is 0 Å². The molecule has 0 bridgehead atoms. The minimum Gasteiger partial charge on any atom is -0.382 e. The summed E-state index contributed by atoms with van der Waals surface area (Å²) in [5.74, 6) is 0. The standard InChI is InChI=1S/C30H40N4OS/c1-22-19-26(8-5-23(22)20-31)32-25-9-13-28(14-10-25)35-21-29(36)34-17-15-33(16-18-34)27-11-6-24(7-12-27)30(2,3)4/h5-8,11-12,19,25,28,32H,9-10,13-18,21H2,1-4H3. The van der Waals surface area contributed by atoms with Crippen molar-refractivity contribution in [2.24, 2.45) is 0 Å². The topological polar surface area (TPSA) is 51.5 Å². The van der Waals surface area contributed by atoms with E-state index in [0.29, 0.717) is 12.6 Å². The highest BCUT2D eigenvalue weighted by molar-refractivity contribution is 7.80. The van der Waals surface area contributed by atoms with Gasteiger partial charge >= 0.3 is 0 Å². The maximum Gasteiger partial charge on any atom is 0.104 e. The summed E-state index contributed by atoms with van der Waals surface area (Å²) in [5, 5.41) is 12.8. The fourth-order valence-corrected chi connectivity index (χ4v) is 5.41. The summed E-state index contributed by atoms with van der Waals surface area (Å²) in [7, 11) is 0. The quantitative estimate of drug-likeness (QED) is 0.483. The van der Waals surface area contributed by atoms with Gasteiger partial charge < -0.3 is 19.9 Å². The Balaban J connectivity index is 1.16. The van der Waals surface area contributed by atoms with Crippen molar-refractivity contribution in [1.82, 2.24) is 4.90 Å². The van der Waals surface area contributed by atoms with Crippen molar-refractivity contribution in [2.75, 3.05) is 43.0 Å². The van der Waals surface area contributed by atoms with Crippen LogP contribution in [-0.2, 0) is 10.2 Å². The van der Waals surface area contributed by atoms with Gasteiger partial charge in [-0.25, -0.2) is 0 Å². The first-order valence-corrected chi connectivity index (χ1v) is 13.7. The zero-order valence-corrected chi connectivity index (χ0v) is 23.0. The van der Waals surface area contributed by atoms with Gasteiger partial charge in [-0.05, 0) is 79.5 Å². The van der Waals surface area contributed by atoms with Crippen molar-refractivity contribution >= 4 is 28.6 Å². The number of benzene rings is 2. The Morgan fingerprint density at radius 1 is 1.03 bits per heavy atom. The van der Waals surface area contributed by atoms with Crippen molar-refractivity contribution in [3.05, 3.63) is 59.2 Å². The molecule has 0 spiro atoms. The second-order valence-corrected chi connectivity index (χ2v) is 11.7. The average molecular weight is 505 g/mol. The van der Waals surface area contributed by atoms with Crippen LogP contribution in [-0.4, -0.2) is 54.8 Å². The Morgan fingerprint density at radius 2 is 1.69 bits per heavy atom. The molecule has 36 heavy (non-hydrogen) atoms. The molecule has 2 aromatic rings. The summed E-state index contributed by atoms with van der Waals surface area (Å²) in [5.41, 5.74) is 5.71. The number of piperazine rings is 1. The highest BCUT2D eigenvalue weighted by Gasteiger charge is 2.24. The molecule has 1 aliphatic carbocycles. The van der Waals surface area contributed by atoms with Crippen molar-refractivity contribution in [1.29, 1.82) is 5.26 Å². The van der Waals surface area contributed by atoms with Crippen LogP contribution in [0.25, 0.3) is 0 Å². The van der Waals surface area contributed by atoms with E-state index in [-0.39, 0.29) is 11.5 Å². The van der Waals surface area contributed by atoms with Gasteiger partial charge in [0.2, 0.25) is 0 Å². The zero-order chi connectivity index (χ0) is 25.7. The summed E-state index contributed by atoms with van der Waals surface area (Å²) in [6.45, 7) is 13.2. The molecule has 1 N–H and O–H groups in total. The number of aryl methyl sites for hydroxylation is 1. The van der Waals surface area contributed by atoms with Crippen molar-refractivity contribution in [3.8, 4) is 6.07 Å².